The molecule has 0 spiro atoms. The molecule has 37 heavy (non-hydrogen) atoms. The number of halogens is 1. The summed E-state index contributed by atoms with van der Waals surface area (Å²) in [6.07, 6.45) is 5.59. The van der Waals surface area contributed by atoms with Crippen LogP contribution in [0.2, 0.25) is 0 Å². The second-order valence-corrected chi connectivity index (χ2v) is 8.88. The van der Waals surface area contributed by atoms with Crippen molar-refractivity contribution in [1.82, 2.24) is 19.8 Å². The van der Waals surface area contributed by atoms with E-state index in [0.717, 1.165) is 31.4 Å². The third-order valence-corrected chi connectivity index (χ3v) is 6.17. The fourth-order valence-electron chi connectivity index (χ4n) is 4.32. The lowest BCUT2D eigenvalue weighted by Gasteiger charge is -2.16. The van der Waals surface area contributed by atoms with Gasteiger partial charge in [-0.25, -0.2) is 9.18 Å². The Bertz CT molecular complexity index is 1390. The lowest BCUT2D eigenvalue weighted by Crippen LogP contribution is -2.44. The lowest BCUT2D eigenvalue weighted by atomic mass is 10.1. The van der Waals surface area contributed by atoms with Gasteiger partial charge in [-0.3, -0.25) is 14.4 Å². The fraction of sp³-hybridized carbons (Fsp3) is 0.308. The average molecular weight is 510 g/mol. The van der Waals surface area contributed by atoms with Crippen molar-refractivity contribution in [2.75, 3.05) is 18.4 Å². The van der Waals surface area contributed by atoms with Gasteiger partial charge in [0.25, 0.3) is 5.56 Å². The number of H-pyrrole nitrogens is 1. The average Bonchev–Trinajstić information content (AvgIpc) is 3.53. The Morgan fingerprint density at radius 3 is 2.70 bits per heavy atom. The number of amides is 3. The molecule has 0 bridgehead atoms. The molecule has 4 rings (SSSR count). The van der Waals surface area contributed by atoms with Gasteiger partial charge in [-0.15, -0.1) is 0 Å². The molecular weight excluding hydrogens is 481 g/mol. The highest BCUT2D eigenvalue weighted by Crippen LogP contribution is 2.17. The second kappa shape index (κ2) is 11.5. The maximum absolute atomic E-state index is 13.5. The number of aromatic amines is 1. The molecule has 3 heterocycles. The molecule has 4 N–H and O–H groups in total. The van der Waals surface area contributed by atoms with Gasteiger partial charge in [0.2, 0.25) is 11.8 Å². The topological polar surface area (TPSA) is 137 Å². The van der Waals surface area contributed by atoms with Crippen LogP contribution in [0, 0.1) is 5.82 Å². The highest BCUT2D eigenvalue weighted by Gasteiger charge is 2.21. The molecule has 0 radical (unpaired) electrons. The van der Waals surface area contributed by atoms with Crippen LogP contribution in [0.1, 0.15) is 31.4 Å². The van der Waals surface area contributed by atoms with E-state index in [1.54, 1.807) is 35.4 Å². The summed E-state index contributed by atoms with van der Waals surface area (Å²) in [5.41, 5.74) is 0.914. The smallest absolute Gasteiger partial charge is 0.405 e. The number of allylic oxidation sites excluding steroid dienone is 1. The number of aromatic nitrogens is 2. The Hall–Kier alpha value is -4.41. The molecule has 10 nitrogen and oxygen atoms in total. The summed E-state index contributed by atoms with van der Waals surface area (Å²) in [5.74, 6) is -1.15. The molecule has 1 aliphatic heterocycles. The van der Waals surface area contributed by atoms with Crippen LogP contribution in [0.15, 0.2) is 59.5 Å². The van der Waals surface area contributed by atoms with E-state index in [2.05, 4.69) is 15.6 Å². The van der Waals surface area contributed by atoms with E-state index in [1.807, 2.05) is 0 Å². The van der Waals surface area contributed by atoms with Gasteiger partial charge in [0.15, 0.2) is 0 Å². The van der Waals surface area contributed by atoms with Crippen LogP contribution in [0.4, 0.5) is 14.9 Å². The largest absolute Gasteiger partial charge is 0.465 e. The van der Waals surface area contributed by atoms with Crippen molar-refractivity contribution in [2.24, 2.45) is 0 Å². The molecular formula is C26H28FN5O5. The molecule has 2 aromatic heterocycles. The van der Waals surface area contributed by atoms with Crippen molar-refractivity contribution in [2.45, 2.75) is 38.3 Å². The van der Waals surface area contributed by atoms with Gasteiger partial charge in [-0.1, -0.05) is 6.08 Å². The van der Waals surface area contributed by atoms with Gasteiger partial charge in [0, 0.05) is 35.9 Å². The quantitative estimate of drug-likeness (QED) is 0.329. The first-order chi connectivity index (χ1) is 17.8. The van der Waals surface area contributed by atoms with Gasteiger partial charge in [0.05, 0.1) is 6.54 Å². The molecule has 1 saturated heterocycles. The van der Waals surface area contributed by atoms with Crippen molar-refractivity contribution in [3.05, 3.63) is 76.6 Å². The third kappa shape index (κ3) is 6.63. The van der Waals surface area contributed by atoms with E-state index in [4.69, 9.17) is 5.11 Å². The minimum Gasteiger partial charge on any atom is -0.465 e. The number of likely N-dealkylation sites (tertiary alicyclic amines) is 1. The van der Waals surface area contributed by atoms with Crippen LogP contribution < -0.4 is 16.2 Å². The molecule has 1 aliphatic rings. The summed E-state index contributed by atoms with van der Waals surface area (Å²) < 4.78 is 14.9. The Balaban J connectivity index is 1.41. The van der Waals surface area contributed by atoms with Crippen molar-refractivity contribution in [3.63, 3.8) is 0 Å². The summed E-state index contributed by atoms with van der Waals surface area (Å²) in [4.78, 5) is 54.0. The van der Waals surface area contributed by atoms with E-state index in [9.17, 15) is 23.6 Å². The molecule has 3 aromatic rings. The van der Waals surface area contributed by atoms with E-state index < -0.39 is 23.6 Å². The normalized spacial score (nSPS) is 14.2. The van der Waals surface area contributed by atoms with Crippen LogP contribution in [0.25, 0.3) is 10.9 Å². The number of nitrogens with one attached hydrogen (secondary N) is 3. The van der Waals surface area contributed by atoms with Gasteiger partial charge in [-0.2, -0.15) is 0 Å². The van der Waals surface area contributed by atoms with Gasteiger partial charge in [-0.05, 0) is 68.2 Å². The molecule has 194 valence electrons. The van der Waals surface area contributed by atoms with Crippen molar-refractivity contribution in [3.8, 4) is 0 Å². The lowest BCUT2D eigenvalue weighted by molar-refractivity contribution is -0.125. The summed E-state index contributed by atoms with van der Waals surface area (Å²) >= 11 is 0. The van der Waals surface area contributed by atoms with Gasteiger partial charge < -0.3 is 30.2 Å². The Kier molecular flexibility index (Phi) is 8.02. The minimum absolute atomic E-state index is 0.00778. The highest BCUT2D eigenvalue weighted by atomic mass is 19.1. The number of hydrogen-bond acceptors (Lipinski definition) is 4. The number of carbonyl (C=O) groups excluding carboxylic acids is 2. The molecule has 0 unspecified atom stereocenters. The predicted octanol–water partition coefficient (Wildman–Crippen LogP) is 3.05. The van der Waals surface area contributed by atoms with Crippen LogP contribution in [0.5, 0.6) is 0 Å². The summed E-state index contributed by atoms with van der Waals surface area (Å²) in [5, 5.41) is 14.5. The Labute approximate surface area is 211 Å². The Morgan fingerprint density at radius 2 is 1.95 bits per heavy atom. The molecule has 1 aromatic carbocycles. The number of benzene rings is 1. The molecule has 11 heteroatoms. The van der Waals surface area contributed by atoms with Crippen LogP contribution in [0.3, 0.4) is 0 Å². The monoisotopic (exact) mass is 509 g/mol. The number of fused-ring (bicyclic) bond motifs is 1. The van der Waals surface area contributed by atoms with Crippen molar-refractivity contribution in [1.29, 1.82) is 0 Å². The number of anilines is 1. The van der Waals surface area contributed by atoms with E-state index >= 15 is 0 Å². The van der Waals surface area contributed by atoms with E-state index in [1.165, 1.54) is 28.8 Å². The zero-order chi connectivity index (χ0) is 26.4. The maximum atomic E-state index is 13.5. The van der Waals surface area contributed by atoms with E-state index in [-0.39, 0.29) is 36.8 Å². The van der Waals surface area contributed by atoms with E-state index in [0.29, 0.717) is 11.1 Å². The molecule has 0 aliphatic carbocycles. The SMILES string of the molecule is O=C(O)N[C@@H](CC/C=C/C(=O)N1CCCC1)C(=O)Nc1cccn(Cc2cc3cc(F)ccc3[nH]2)c1=O. The predicted molar refractivity (Wildman–Crippen MR) is 136 cm³/mol. The number of carbonyl (C=O) groups is 3. The number of pyridine rings is 1. The summed E-state index contributed by atoms with van der Waals surface area (Å²) in [7, 11) is 0. The second-order valence-electron chi connectivity index (χ2n) is 8.88. The number of carboxylic acid groups (broad SMARTS) is 1. The Morgan fingerprint density at radius 1 is 1.16 bits per heavy atom. The maximum Gasteiger partial charge on any atom is 0.405 e. The van der Waals surface area contributed by atoms with Gasteiger partial charge in [0.1, 0.15) is 17.5 Å². The summed E-state index contributed by atoms with van der Waals surface area (Å²) in [6.45, 7) is 1.61. The molecule has 1 fully saturated rings. The first-order valence-corrected chi connectivity index (χ1v) is 12.0. The summed E-state index contributed by atoms with van der Waals surface area (Å²) in [6, 6.07) is 7.98. The number of hydrogen-bond donors (Lipinski definition) is 4. The first-order valence-electron chi connectivity index (χ1n) is 12.0. The van der Waals surface area contributed by atoms with Crippen LogP contribution in [-0.4, -0.2) is 56.6 Å². The van der Waals surface area contributed by atoms with Gasteiger partial charge >= 0.3 is 6.09 Å². The number of nitrogens with zero attached hydrogens (tertiary/aromatic N) is 2. The van der Waals surface area contributed by atoms with Crippen molar-refractivity contribution < 1.29 is 23.9 Å². The minimum atomic E-state index is -1.38. The number of rotatable bonds is 9. The van der Waals surface area contributed by atoms with Crippen LogP contribution in [-0.2, 0) is 16.1 Å². The first kappa shape index (κ1) is 25.7. The zero-order valence-electron chi connectivity index (χ0n) is 20.1. The highest BCUT2D eigenvalue weighted by molar-refractivity contribution is 5.96. The van der Waals surface area contributed by atoms with Crippen LogP contribution >= 0.6 is 0 Å². The molecule has 3 amide bonds. The van der Waals surface area contributed by atoms with Crippen molar-refractivity contribution >= 4 is 34.5 Å². The standard InChI is InChI=1S/C26H28FN5O5/c27-18-9-10-20-17(14-18)15-19(28-20)16-32-13-5-7-22(25(32)35)29-24(34)21(30-26(36)37)6-1-2-8-23(33)31-11-3-4-12-31/h2,5,7-10,13-15,21,28,30H,1,3-4,6,11-12,16H2,(H,29,34)(H,36,37)/b8-2+/t21-/m0/s1. The molecule has 0 saturated carbocycles. The molecule has 1 atom stereocenters. The fourth-order valence-corrected chi connectivity index (χ4v) is 4.32. The third-order valence-electron chi connectivity index (χ3n) is 6.17. The zero-order valence-corrected chi connectivity index (χ0v) is 20.1.